The first-order chi connectivity index (χ1) is 11.1. The number of sulfonamides is 1. The van der Waals surface area contributed by atoms with Gasteiger partial charge >= 0.3 is 0 Å². The van der Waals surface area contributed by atoms with Gasteiger partial charge in [0.05, 0.1) is 18.1 Å². The molecule has 0 aliphatic carbocycles. The van der Waals surface area contributed by atoms with Crippen LogP contribution in [0.2, 0.25) is 0 Å². The van der Waals surface area contributed by atoms with Crippen LogP contribution in [-0.4, -0.2) is 26.6 Å². The Morgan fingerprint density at radius 2 is 1.83 bits per heavy atom. The number of hydrogen-bond acceptors (Lipinski definition) is 5. The van der Waals surface area contributed by atoms with E-state index in [2.05, 4.69) is 9.71 Å². The van der Waals surface area contributed by atoms with Gasteiger partial charge in [0.2, 0.25) is 10.0 Å². The average molecular weight is 336 g/mol. The number of nitrogens with one attached hydrogen (secondary N) is 1. The van der Waals surface area contributed by atoms with E-state index < -0.39 is 10.0 Å². The lowest BCUT2D eigenvalue weighted by atomic mass is 10.3. The number of ether oxygens (including phenoxy) is 2. The van der Waals surface area contributed by atoms with Crippen LogP contribution in [-0.2, 0) is 16.6 Å². The molecule has 2 aromatic rings. The van der Waals surface area contributed by atoms with Crippen LogP contribution in [0.4, 0.5) is 0 Å². The fraction of sp³-hybridized carbons (Fsp3) is 0.312. The number of hydrogen-bond donors (Lipinski definition) is 1. The van der Waals surface area contributed by atoms with Crippen LogP contribution in [0.15, 0.2) is 47.6 Å². The van der Waals surface area contributed by atoms with Crippen LogP contribution in [0.3, 0.4) is 0 Å². The van der Waals surface area contributed by atoms with Gasteiger partial charge in [-0.05, 0) is 37.6 Å². The number of aromatic nitrogens is 1. The van der Waals surface area contributed by atoms with Gasteiger partial charge in [0.15, 0.2) is 11.5 Å². The molecule has 0 spiro atoms. The van der Waals surface area contributed by atoms with E-state index in [0.717, 1.165) is 5.56 Å². The first-order valence-corrected chi connectivity index (χ1v) is 8.83. The zero-order valence-corrected chi connectivity index (χ0v) is 14.0. The fourth-order valence-electron chi connectivity index (χ4n) is 1.96. The van der Waals surface area contributed by atoms with Crippen LogP contribution in [0.1, 0.15) is 19.4 Å². The van der Waals surface area contributed by atoms with Crippen molar-refractivity contribution < 1.29 is 17.9 Å². The van der Waals surface area contributed by atoms with Crippen LogP contribution in [0, 0.1) is 0 Å². The highest BCUT2D eigenvalue weighted by Gasteiger charge is 2.17. The molecule has 2 rings (SSSR count). The highest BCUT2D eigenvalue weighted by molar-refractivity contribution is 7.89. The summed E-state index contributed by atoms with van der Waals surface area (Å²) in [6, 6.07) is 8.14. The van der Waals surface area contributed by atoms with Gasteiger partial charge in [-0.1, -0.05) is 6.07 Å². The second-order valence-electron chi connectivity index (χ2n) is 4.66. The quantitative estimate of drug-likeness (QED) is 0.801. The highest BCUT2D eigenvalue weighted by atomic mass is 32.2. The summed E-state index contributed by atoms with van der Waals surface area (Å²) >= 11 is 0. The summed E-state index contributed by atoms with van der Waals surface area (Å²) in [6.45, 7) is 4.76. The molecule has 124 valence electrons. The van der Waals surface area contributed by atoms with Crippen molar-refractivity contribution in [3.05, 3.63) is 48.3 Å². The minimum Gasteiger partial charge on any atom is -0.490 e. The smallest absolute Gasteiger partial charge is 0.241 e. The van der Waals surface area contributed by atoms with Gasteiger partial charge in [-0.2, -0.15) is 0 Å². The highest BCUT2D eigenvalue weighted by Crippen LogP contribution is 2.30. The lowest BCUT2D eigenvalue weighted by Crippen LogP contribution is -2.23. The Bertz CT molecular complexity index is 733. The Labute approximate surface area is 136 Å². The van der Waals surface area contributed by atoms with Crippen molar-refractivity contribution in [2.24, 2.45) is 0 Å². The summed E-state index contributed by atoms with van der Waals surface area (Å²) in [7, 11) is -3.64. The summed E-state index contributed by atoms with van der Waals surface area (Å²) < 4.78 is 38.3. The predicted molar refractivity (Wildman–Crippen MR) is 87.0 cm³/mol. The largest absolute Gasteiger partial charge is 0.490 e. The van der Waals surface area contributed by atoms with Crippen LogP contribution in [0.25, 0.3) is 0 Å². The van der Waals surface area contributed by atoms with Crippen LogP contribution < -0.4 is 14.2 Å². The predicted octanol–water partition coefficient (Wildman–Crippen LogP) is 2.36. The van der Waals surface area contributed by atoms with E-state index in [-0.39, 0.29) is 11.4 Å². The third-order valence-corrected chi connectivity index (χ3v) is 4.41. The summed E-state index contributed by atoms with van der Waals surface area (Å²) in [6.07, 6.45) is 3.26. The molecule has 0 fully saturated rings. The molecule has 0 unspecified atom stereocenters. The molecule has 23 heavy (non-hydrogen) atoms. The third kappa shape index (κ3) is 4.67. The maximum absolute atomic E-state index is 12.4. The molecular formula is C16H20N2O4S. The van der Waals surface area contributed by atoms with E-state index in [1.54, 1.807) is 30.6 Å². The van der Waals surface area contributed by atoms with Gasteiger partial charge in [0.1, 0.15) is 0 Å². The molecule has 1 aromatic carbocycles. The lowest BCUT2D eigenvalue weighted by Gasteiger charge is -2.13. The van der Waals surface area contributed by atoms with Gasteiger partial charge in [0.25, 0.3) is 0 Å². The maximum atomic E-state index is 12.4. The Hall–Kier alpha value is -2.12. The third-order valence-electron chi connectivity index (χ3n) is 3.01. The van der Waals surface area contributed by atoms with Crippen molar-refractivity contribution in [2.45, 2.75) is 25.3 Å². The van der Waals surface area contributed by atoms with Crippen molar-refractivity contribution in [3.63, 3.8) is 0 Å². The molecule has 0 amide bonds. The van der Waals surface area contributed by atoms with E-state index in [1.165, 1.54) is 12.1 Å². The van der Waals surface area contributed by atoms with Crippen LogP contribution >= 0.6 is 0 Å². The van der Waals surface area contributed by atoms with E-state index in [0.29, 0.717) is 24.7 Å². The molecule has 0 aliphatic heterocycles. The summed E-state index contributed by atoms with van der Waals surface area (Å²) in [5.41, 5.74) is 0.784. The SMILES string of the molecule is CCOc1ccc(S(=O)(=O)NCc2cccnc2)cc1OCC. The zero-order valence-electron chi connectivity index (χ0n) is 13.2. The molecule has 0 saturated carbocycles. The molecule has 7 heteroatoms. The van der Waals surface area contributed by atoms with Gasteiger partial charge in [0, 0.05) is 25.0 Å². The zero-order chi connectivity index (χ0) is 16.7. The Morgan fingerprint density at radius 1 is 1.09 bits per heavy atom. The van der Waals surface area contributed by atoms with Crippen molar-refractivity contribution in [2.75, 3.05) is 13.2 Å². The van der Waals surface area contributed by atoms with E-state index in [4.69, 9.17) is 9.47 Å². The monoisotopic (exact) mass is 336 g/mol. The van der Waals surface area contributed by atoms with Crippen molar-refractivity contribution in [1.29, 1.82) is 0 Å². The minimum atomic E-state index is -3.64. The number of rotatable bonds is 8. The molecular weight excluding hydrogens is 316 g/mol. The molecule has 6 nitrogen and oxygen atoms in total. The fourth-order valence-corrected chi connectivity index (χ4v) is 3.00. The topological polar surface area (TPSA) is 77.5 Å². The van der Waals surface area contributed by atoms with E-state index >= 15 is 0 Å². The van der Waals surface area contributed by atoms with Gasteiger partial charge in [-0.25, -0.2) is 13.1 Å². The molecule has 1 heterocycles. The molecule has 0 radical (unpaired) electrons. The summed E-state index contributed by atoms with van der Waals surface area (Å²) in [4.78, 5) is 4.09. The maximum Gasteiger partial charge on any atom is 0.241 e. The average Bonchev–Trinajstić information content (AvgIpc) is 2.56. The lowest BCUT2D eigenvalue weighted by molar-refractivity contribution is 0.287. The molecule has 0 aliphatic rings. The number of benzene rings is 1. The first kappa shape index (κ1) is 17.2. The minimum absolute atomic E-state index is 0.133. The first-order valence-electron chi connectivity index (χ1n) is 7.35. The molecule has 1 N–H and O–H groups in total. The van der Waals surface area contributed by atoms with E-state index in [9.17, 15) is 8.42 Å². The van der Waals surface area contributed by atoms with Gasteiger partial charge in [-0.15, -0.1) is 0 Å². The molecule has 1 aromatic heterocycles. The second kappa shape index (κ2) is 7.94. The number of pyridine rings is 1. The van der Waals surface area contributed by atoms with E-state index in [1.807, 2.05) is 13.8 Å². The molecule has 0 saturated heterocycles. The standard InChI is InChI=1S/C16H20N2O4S/c1-3-21-15-8-7-14(10-16(15)22-4-2)23(19,20)18-12-13-6-5-9-17-11-13/h5-11,18H,3-4,12H2,1-2H3. The molecule has 0 bridgehead atoms. The van der Waals surface area contributed by atoms with Crippen molar-refractivity contribution in [1.82, 2.24) is 9.71 Å². The van der Waals surface area contributed by atoms with Crippen molar-refractivity contribution in [3.8, 4) is 11.5 Å². The van der Waals surface area contributed by atoms with Crippen molar-refractivity contribution >= 4 is 10.0 Å². The Morgan fingerprint density at radius 3 is 2.48 bits per heavy atom. The van der Waals surface area contributed by atoms with Crippen LogP contribution in [0.5, 0.6) is 11.5 Å². The molecule has 0 atom stereocenters. The number of nitrogens with zero attached hydrogens (tertiary/aromatic N) is 1. The van der Waals surface area contributed by atoms with Gasteiger partial charge < -0.3 is 9.47 Å². The van der Waals surface area contributed by atoms with Gasteiger partial charge in [-0.3, -0.25) is 4.98 Å². The summed E-state index contributed by atoms with van der Waals surface area (Å²) in [5.74, 6) is 0.944. The summed E-state index contributed by atoms with van der Waals surface area (Å²) in [5, 5.41) is 0. The second-order valence-corrected chi connectivity index (χ2v) is 6.43. The normalized spacial score (nSPS) is 11.2. The Balaban J connectivity index is 2.20. The Kier molecular flexibility index (Phi) is 5.95.